The topological polar surface area (TPSA) is 85.0 Å². The van der Waals surface area contributed by atoms with Crippen LogP contribution in [0.15, 0.2) is 52.3 Å². The van der Waals surface area contributed by atoms with Gasteiger partial charge in [0, 0.05) is 35.3 Å². The molecule has 168 valence electrons. The van der Waals surface area contributed by atoms with Crippen LogP contribution in [0.25, 0.3) is 11.6 Å². The molecule has 1 fully saturated rings. The van der Waals surface area contributed by atoms with Crippen LogP contribution in [0.1, 0.15) is 57.1 Å². The maximum Gasteiger partial charge on any atom is 0.266 e. The average Bonchev–Trinajstić information content (AvgIpc) is 3.58. The molecule has 7 nitrogen and oxygen atoms in total. The van der Waals surface area contributed by atoms with Crippen molar-refractivity contribution in [2.24, 2.45) is 0 Å². The molecule has 4 aromatic rings. The normalized spacial score (nSPS) is 15.8. The second kappa shape index (κ2) is 9.23. The van der Waals surface area contributed by atoms with Crippen LogP contribution in [0.2, 0.25) is 0 Å². The molecular formula is C25H25N5O2S. The molecule has 0 radical (unpaired) electrons. The van der Waals surface area contributed by atoms with Crippen molar-refractivity contribution >= 4 is 17.2 Å². The highest BCUT2D eigenvalue weighted by molar-refractivity contribution is 7.09. The zero-order valence-corrected chi connectivity index (χ0v) is 19.5. The highest BCUT2D eigenvalue weighted by Gasteiger charge is 2.33. The molecule has 1 atom stereocenters. The largest absolute Gasteiger partial charge is 0.419 e. The van der Waals surface area contributed by atoms with Gasteiger partial charge in [0.15, 0.2) is 0 Å². The molecular weight excluding hydrogens is 434 g/mol. The third-order valence-corrected chi connectivity index (χ3v) is 6.86. The van der Waals surface area contributed by atoms with Crippen molar-refractivity contribution in [1.82, 2.24) is 25.1 Å². The monoisotopic (exact) mass is 459 g/mol. The lowest BCUT2D eigenvalue weighted by Gasteiger charge is -2.23. The number of benzene rings is 1. The molecule has 8 heteroatoms. The summed E-state index contributed by atoms with van der Waals surface area (Å²) < 4.78 is 5.88. The van der Waals surface area contributed by atoms with Crippen LogP contribution >= 0.6 is 11.3 Å². The number of carbonyl (C=O) groups excluding carboxylic acids is 1. The van der Waals surface area contributed by atoms with Crippen LogP contribution in [-0.4, -0.2) is 37.5 Å². The first-order valence-electron chi connectivity index (χ1n) is 11.1. The lowest BCUT2D eigenvalue weighted by molar-refractivity contribution is 0.0735. The molecule has 1 unspecified atom stereocenters. The number of rotatable bonds is 6. The number of hydrogen-bond acceptors (Lipinski definition) is 7. The first-order chi connectivity index (χ1) is 16.1. The van der Waals surface area contributed by atoms with Crippen molar-refractivity contribution < 1.29 is 9.21 Å². The van der Waals surface area contributed by atoms with Gasteiger partial charge in [-0.05, 0) is 50.8 Å². The fraction of sp³-hybridized carbons (Fsp3) is 0.320. The van der Waals surface area contributed by atoms with E-state index in [0.29, 0.717) is 29.5 Å². The van der Waals surface area contributed by atoms with Gasteiger partial charge in [0.05, 0.1) is 6.04 Å². The zero-order chi connectivity index (χ0) is 22.8. The second-order valence-corrected chi connectivity index (χ2v) is 9.24. The molecule has 4 heterocycles. The fourth-order valence-corrected chi connectivity index (χ4v) is 5.16. The number of pyridine rings is 1. The van der Waals surface area contributed by atoms with E-state index in [1.165, 1.54) is 5.56 Å². The van der Waals surface area contributed by atoms with Gasteiger partial charge in [-0.2, -0.15) is 0 Å². The highest BCUT2D eigenvalue weighted by Crippen LogP contribution is 2.35. The van der Waals surface area contributed by atoms with Crippen LogP contribution in [0.4, 0.5) is 0 Å². The maximum atomic E-state index is 13.4. The number of likely N-dealkylation sites (tertiary alicyclic amines) is 1. The van der Waals surface area contributed by atoms with E-state index < -0.39 is 0 Å². The van der Waals surface area contributed by atoms with E-state index in [1.807, 2.05) is 48.4 Å². The SMILES string of the molecule is Cc1cc(C(=O)N2CCCC2c2nc(C)cs2)cc(-c2nnc(CCc3ccccc3)o2)n1. The van der Waals surface area contributed by atoms with Crippen LogP contribution in [0.5, 0.6) is 0 Å². The molecule has 0 spiro atoms. The predicted molar refractivity (Wildman–Crippen MR) is 126 cm³/mol. The quantitative estimate of drug-likeness (QED) is 0.405. The van der Waals surface area contributed by atoms with Crippen molar-refractivity contribution in [1.29, 1.82) is 0 Å². The summed E-state index contributed by atoms with van der Waals surface area (Å²) in [5.41, 5.74) is 4.06. The molecule has 1 aliphatic rings. The smallest absolute Gasteiger partial charge is 0.266 e. The van der Waals surface area contributed by atoms with Gasteiger partial charge in [-0.25, -0.2) is 9.97 Å². The summed E-state index contributed by atoms with van der Waals surface area (Å²) in [6.07, 6.45) is 3.38. The van der Waals surface area contributed by atoms with E-state index >= 15 is 0 Å². The summed E-state index contributed by atoms with van der Waals surface area (Å²) in [6.45, 7) is 4.58. The molecule has 33 heavy (non-hydrogen) atoms. The van der Waals surface area contributed by atoms with Gasteiger partial charge >= 0.3 is 0 Å². The van der Waals surface area contributed by atoms with Crippen molar-refractivity contribution in [3.05, 3.63) is 81.3 Å². The van der Waals surface area contributed by atoms with E-state index in [9.17, 15) is 4.79 Å². The minimum atomic E-state index is -0.0130. The Kier molecular flexibility index (Phi) is 6.00. The van der Waals surface area contributed by atoms with Crippen molar-refractivity contribution in [2.75, 3.05) is 6.54 Å². The fourth-order valence-electron chi connectivity index (χ4n) is 4.21. The Bertz CT molecular complexity index is 1270. The number of hydrogen-bond donors (Lipinski definition) is 0. The molecule has 0 N–H and O–H groups in total. The van der Waals surface area contributed by atoms with Gasteiger partial charge in [-0.1, -0.05) is 30.3 Å². The molecule has 1 amide bonds. The van der Waals surface area contributed by atoms with Crippen molar-refractivity contribution in [3.63, 3.8) is 0 Å². The number of aryl methyl sites for hydroxylation is 4. The van der Waals surface area contributed by atoms with E-state index in [-0.39, 0.29) is 11.9 Å². The summed E-state index contributed by atoms with van der Waals surface area (Å²) in [6, 6.07) is 13.8. The lowest BCUT2D eigenvalue weighted by atomic mass is 10.1. The molecule has 5 rings (SSSR count). The van der Waals surface area contributed by atoms with E-state index in [1.54, 1.807) is 17.4 Å². The molecule has 1 saturated heterocycles. The minimum absolute atomic E-state index is 0.0130. The average molecular weight is 460 g/mol. The lowest BCUT2D eigenvalue weighted by Crippen LogP contribution is -2.30. The third kappa shape index (κ3) is 4.71. The predicted octanol–water partition coefficient (Wildman–Crippen LogP) is 4.97. The van der Waals surface area contributed by atoms with E-state index in [0.717, 1.165) is 42.2 Å². The van der Waals surface area contributed by atoms with E-state index in [4.69, 9.17) is 4.42 Å². The molecule has 0 bridgehead atoms. The van der Waals surface area contributed by atoms with Crippen LogP contribution < -0.4 is 0 Å². The van der Waals surface area contributed by atoms with Crippen molar-refractivity contribution in [3.8, 4) is 11.6 Å². The maximum absolute atomic E-state index is 13.4. The number of amides is 1. The van der Waals surface area contributed by atoms with Gasteiger partial charge in [0.1, 0.15) is 10.7 Å². The van der Waals surface area contributed by atoms with E-state index in [2.05, 4.69) is 32.3 Å². The summed E-state index contributed by atoms with van der Waals surface area (Å²) in [7, 11) is 0. The first kappa shape index (κ1) is 21.5. The van der Waals surface area contributed by atoms with Crippen molar-refractivity contribution in [2.45, 2.75) is 45.6 Å². The number of nitrogens with zero attached hydrogens (tertiary/aromatic N) is 5. The van der Waals surface area contributed by atoms with Crippen LogP contribution in [0, 0.1) is 13.8 Å². The summed E-state index contributed by atoms with van der Waals surface area (Å²) in [5.74, 6) is 0.883. The Hall–Kier alpha value is -3.39. The zero-order valence-electron chi connectivity index (χ0n) is 18.7. The summed E-state index contributed by atoms with van der Waals surface area (Å²) >= 11 is 1.62. The second-order valence-electron chi connectivity index (χ2n) is 8.35. The number of thiazole rings is 1. The first-order valence-corrected chi connectivity index (χ1v) is 12.0. The molecule has 0 saturated carbocycles. The molecule has 1 aliphatic heterocycles. The van der Waals surface area contributed by atoms with Gasteiger partial charge in [0.2, 0.25) is 5.89 Å². The Morgan fingerprint density at radius 3 is 2.73 bits per heavy atom. The Labute approximate surface area is 196 Å². The molecule has 0 aliphatic carbocycles. The van der Waals surface area contributed by atoms with Gasteiger partial charge < -0.3 is 9.32 Å². The number of aromatic nitrogens is 4. The summed E-state index contributed by atoms with van der Waals surface area (Å²) in [4.78, 5) is 24.5. The molecule has 1 aromatic carbocycles. The Morgan fingerprint density at radius 2 is 1.94 bits per heavy atom. The standard InChI is InChI=1S/C25H25N5O2S/c1-16-13-19(25(31)30-12-6-9-21(30)24-27-17(2)15-33-24)14-20(26-16)23-29-28-22(32-23)11-10-18-7-4-3-5-8-18/h3-5,7-8,13-15,21H,6,9-12H2,1-2H3. The summed E-state index contributed by atoms with van der Waals surface area (Å²) in [5, 5.41) is 11.4. The Morgan fingerprint density at radius 1 is 1.09 bits per heavy atom. The minimum Gasteiger partial charge on any atom is -0.419 e. The number of carbonyl (C=O) groups is 1. The van der Waals surface area contributed by atoms with Gasteiger partial charge in [0.25, 0.3) is 11.8 Å². The van der Waals surface area contributed by atoms with Crippen LogP contribution in [-0.2, 0) is 12.8 Å². The van der Waals surface area contributed by atoms with Gasteiger partial charge in [-0.3, -0.25) is 4.79 Å². The third-order valence-electron chi connectivity index (χ3n) is 5.79. The van der Waals surface area contributed by atoms with Gasteiger partial charge in [-0.15, -0.1) is 21.5 Å². The molecule has 3 aromatic heterocycles. The van der Waals surface area contributed by atoms with Crippen LogP contribution in [0.3, 0.4) is 0 Å². The highest BCUT2D eigenvalue weighted by atomic mass is 32.1. The Balaban J connectivity index is 1.35.